The fourth-order valence-corrected chi connectivity index (χ4v) is 6.69. The first-order valence-electron chi connectivity index (χ1n) is 8.79. The Morgan fingerprint density at radius 1 is 1.26 bits per heavy atom. The summed E-state index contributed by atoms with van der Waals surface area (Å²) in [5.41, 5.74) is 1.88. The average Bonchev–Trinajstić information content (AvgIpc) is 2.79. The number of ketones is 1. The molecule has 2 nitrogen and oxygen atoms in total. The largest absolute Gasteiger partial charge is 0.393 e. The van der Waals surface area contributed by atoms with Crippen LogP contribution in [0.4, 0.5) is 0 Å². The lowest BCUT2D eigenvalue weighted by Gasteiger charge is -2.57. The zero-order valence-electron chi connectivity index (χ0n) is 13.9. The van der Waals surface area contributed by atoms with Crippen LogP contribution < -0.4 is 0 Å². The predicted octanol–water partition coefficient (Wildman–Crippen LogP) is 4.39. The smallest absolute Gasteiger partial charge is 0.197 e. The van der Waals surface area contributed by atoms with Crippen molar-refractivity contribution in [2.45, 2.75) is 52.1 Å². The summed E-state index contributed by atoms with van der Waals surface area (Å²) in [4.78, 5) is 12.0. The van der Waals surface area contributed by atoms with E-state index >= 15 is 0 Å². The SMILES string of the molecule is C=C1C[C@H]2[C@@H]3CC[C@H](O)[C@@]3(C)CC[C@@H]2[C@@]2(C)C=CC(=O)C(Cl)=C12. The Morgan fingerprint density at radius 3 is 2.74 bits per heavy atom. The molecule has 124 valence electrons. The second-order valence-electron chi connectivity index (χ2n) is 8.49. The summed E-state index contributed by atoms with van der Waals surface area (Å²) in [6.07, 6.45) is 8.66. The molecule has 0 saturated heterocycles. The van der Waals surface area contributed by atoms with Gasteiger partial charge in [0.15, 0.2) is 5.78 Å². The number of halogens is 1. The maximum absolute atomic E-state index is 12.0. The highest BCUT2D eigenvalue weighted by atomic mass is 35.5. The molecule has 3 saturated carbocycles. The topological polar surface area (TPSA) is 37.3 Å². The Balaban J connectivity index is 1.79. The molecule has 4 aliphatic carbocycles. The molecule has 6 atom stereocenters. The maximum Gasteiger partial charge on any atom is 0.197 e. The minimum absolute atomic E-state index is 0.0526. The molecular weight excluding hydrogens is 308 g/mol. The van der Waals surface area contributed by atoms with E-state index in [1.165, 1.54) is 0 Å². The van der Waals surface area contributed by atoms with Gasteiger partial charge in [0.25, 0.3) is 0 Å². The third-order valence-electron chi connectivity index (χ3n) is 7.55. The van der Waals surface area contributed by atoms with Crippen molar-refractivity contribution in [3.63, 3.8) is 0 Å². The first kappa shape index (κ1) is 15.7. The van der Waals surface area contributed by atoms with Gasteiger partial charge in [-0.2, -0.15) is 0 Å². The predicted molar refractivity (Wildman–Crippen MR) is 91.9 cm³/mol. The molecule has 0 bridgehead atoms. The maximum atomic E-state index is 12.0. The Hall–Kier alpha value is -0.860. The van der Waals surface area contributed by atoms with Crippen LogP contribution in [0.2, 0.25) is 0 Å². The van der Waals surface area contributed by atoms with Crippen molar-refractivity contribution in [3.05, 3.63) is 34.9 Å². The third kappa shape index (κ3) is 1.88. The van der Waals surface area contributed by atoms with Gasteiger partial charge in [0.05, 0.1) is 11.1 Å². The van der Waals surface area contributed by atoms with Crippen LogP contribution >= 0.6 is 11.6 Å². The van der Waals surface area contributed by atoms with Gasteiger partial charge < -0.3 is 5.11 Å². The molecule has 23 heavy (non-hydrogen) atoms. The van der Waals surface area contributed by atoms with Crippen molar-refractivity contribution >= 4 is 17.4 Å². The molecule has 0 aromatic rings. The van der Waals surface area contributed by atoms with Crippen molar-refractivity contribution in [2.24, 2.45) is 28.6 Å². The number of rotatable bonds is 0. The van der Waals surface area contributed by atoms with Crippen molar-refractivity contribution < 1.29 is 9.90 Å². The quantitative estimate of drug-likeness (QED) is 0.714. The molecule has 1 N–H and O–H groups in total. The molecule has 0 aromatic carbocycles. The van der Waals surface area contributed by atoms with E-state index in [-0.39, 0.29) is 22.7 Å². The third-order valence-corrected chi connectivity index (χ3v) is 7.92. The summed E-state index contributed by atoms with van der Waals surface area (Å²) in [5.74, 6) is 1.49. The van der Waals surface area contributed by atoms with E-state index in [4.69, 9.17) is 11.6 Å². The number of allylic oxidation sites excluding steroid dienone is 5. The van der Waals surface area contributed by atoms with Gasteiger partial charge in [0.1, 0.15) is 0 Å². The summed E-state index contributed by atoms with van der Waals surface area (Å²) >= 11 is 6.40. The molecule has 4 rings (SSSR count). The minimum atomic E-state index is -0.181. The van der Waals surface area contributed by atoms with Gasteiger partial charge in [-0.25, -0.2) is 0 Å². The highest BCUT2D eigenvalue weighted by Gasteiger charge is 2.59. The minimum Gasteiger partial charge on any atom is -0.393 e. The average molecular weight is 333 g/mol. The van der Waals surface area contributed by atoms with E-state index in [0.717, 1.165) is 43.3 Å². The Morgan fingerprint density at radius 2 is 2.00 bits per heavy atom. The van der Waals surface area contributed by atoms with Crippen LogP contribution in [0.15, 0.2) is 34.9 Å². The van der Waals surface area contributed by atoms with E-state index in [9.17, 15) is 9.90 Å². The monoisotopic (exact) mass is 332 g/mol. The van der Waals surface area contributed by atoms with Gasteiger partial charge in [0.2, 0.25) is 0 Å². The Bertz CT molecular complexity index is 661. The summed E-state index contributed by atoms with van der Waals surface area (Å²) in [5, 5.41) is 10.9. The van der Waals surface area contributed by atoms with E-state index < -0.39 is 0 Å². The number of carbonyl (C=O) groups excluding carboxylic acids is 1. The fourth-order valence-electron chi connectivity index (χ4n) is 6.29. The van der Waals surface area contributed by atoms with E-state index in [0.29, 0.717) is 22.8 Å². The Kier molecular flexibility index (Phi) is 3.29. The van der Waals surface area contributed by atoms with Crippen LogP contribution in [0, 0.1) is 28.6 Å². The molecule has 0 aliphatic heterocycles. The standard InChI is InChI=1S/C20H25ClO2/c1-11-10-12-13-4-5-16(23)19(13,2)8-6-14(12)20(3)9-7-15(22)18(21)17(11)20/h7,9,12-14,16,23H,1,4-6,8,10H2,2-3H3/t12-,13-,14-,16-,19-,20+/m0/s1. The number of hydrogen-bond acceptors (Lipinski definition) is 2. The van der Waals surface area contributed by atoms with Gasteiger partial charge in [-0.3, -0.25) is 4.79 Å². The van der Waals surface area contributed by atoms with Crippen LogP contribution in [0.5, 0.6) is 0 Å². The van der Waals surface area contributed by atoms with E-state index in [1.54, 1.807) is 6.08 Å². The molecule has 0 aromatic heterocycles. The zero-order chi connectivity index (χ0) is 16.6. The molecule has 3 fully saturated rings. The lowest BCUT2D eigenvalue weighted by molar-refractivity contribution is -0.111. The van der Waals surface area contributed by atoms with E-state index in [1.807, 2.05) is 0 Å². The number of aliphatic hydroxyl groups is 1. The molecule has 4 aliphatic rings. The first-order valence-corrected chi connectivity index (χ1v) is 9.17. The van der Waals surface area contributed by atoms with Crippen LogP contribution in [-0.4, -0.2) is 17.0 Å². The van der Waals surface area contributed by atoms with E-state index in [2.05, 4.69) is 26.5 Å². The highest BCUT2D eigenvalue weighted by molar-refractivity contribution is 6.45. The van der Waals surface area contributed by atoms with Crippen molar-refractivity contribution in [3.8, 4) is 0 Å². The lowest BCUT2D eigenvalue weighted by atomic mass is 9.47. The van der Waals surface area contributed by atoms with Crippen LogP contribution in [0.25, 0.3) is 0 Å². The van der Waals surface area contributed by atoms with Crippen molar-refractivity contribution in [1.82, 2.24) is 0 Å². The normalized spacial score (nSPS) is 49.0. The lowest BCUT2D eigenvalue weighted by Crippen LogP contribution is -2.51. The van der Waals surface area contributed by atoms with Crippen LogP contribution in [0.1, 0.15) is 46.0 Å². The van der Waals surface area contributed by atoms with Gasteiger partial charge in [-0.1, -0.05) is 38.1 Å². The molecular formula is C20H25ClO2. The van der Waals surface area contributed by atoms with Crippen molar-refractivity contribution in [1.29, 1.82) is 0 Å². The molecule has 0 unspecified atom stereocenters. The number of carbonyl (C=O) groups is 1. The second-order valence-corrected chi connectivity index (χ2v) is 8.87. The summed E-state index contributed by atoms with van der Waals surface area (Å²) in [6, 6.07) is 0. The number of aliphatic hydroxyl groups excluding tert-OH is 1. The Labute approximate surface area is 143 Å². The fraction of sp³-hybridized carbons (Fsp3) is 0.650. The molecule has 3 heteroatoms. The zero-order valence-corrected chi connectivity index (χ0v) is 14.7. The number of hydrogen-bond donors (Lipinski definition) is 1. The van der Waals surface area contributed by atoms with Gasteiger partial charge in [-0.15, -0.1) is 0 Å². The van der Waals surface area contributed by atoms with Gasteiger partial charge >= 0.3 is 0 Å². The first-order chi connectivity index (χ1) is 10.8. The molecule has 0 amide bonds. The van der Waals surface area contributed by atoms with Crippen LogP contribution in [0.3, 0.4) is 0 Å². The molecule has 0 heterocycles. The number of fused-ring (bicyclic) bond motifs is 5. The van der Waals surface area contributed by atoms with Crippen LogP contribution in [-0.2, 0) is 4.79 Å². The second kappa shape index (κ2) is 4.83. The molecule has 0 spiro atoms. The van der Waals surface area contributed by atoms with Crippen molar-refractivity contribution in [2.75, 3.05) is 0 Å². The summed E-state index contributed by atoms with van der Waals surface area (Å²) in [6.45, 7) is 8.78. The summed E-state index contributed by atoms with van der Waals surface area (Å²) in [7, 11) is 0. The highest BCUT2D eigenvalue weighted by Crippen LogP contribution is 2.65. The van der Waals surface area contributed by atoms with Gasteiger partial charge in [-0.05, 0) is 72.5 Å². The van der Waals surface area contributed by atoms with Gasteiger partial charge in [0, 0.05) is 5.41 Å². The summed E-state index contributed by atoms with van der Waals surface area (Å²) < 4.78 is 0. The molecule has 0 radical (unpaired) electrons.